The molecule has 0 bridgehead atoms. The Labute approximate surface area is 244 Å². The number of anilines is 1. The van der Waals surface area contributed by atoms with Crippen molar-refractivity contribution >= 4 is 40.0 Å². The lowest BCUT2D eigenvalue weighted by atomic mass is 10.1. The van der Waals surface area contributed by atoms with E-state index in [1.807, 2.05) is 72.8 Å². The molecule has 1 fully saturated rings. The topological polar surface area (TPSA) is 85.4 Å². The molecule has 7 nitrogen and oxygen atoms in total. The van der Waals surface area contributed by atoms with Crippen LogP contribution < -0.4 is 10.3 Å². The molecule has 1 aliphatic rings. The number of nitrogens with one attached hydrogen (secondary N) is 2. The van der Waals surface area contributed by atoms with Crippen LogP contribution in [0.5, 0.6) is 0 Å². The van der Waals surface area contributed by atoms with Gasteiger partial charge in [-0.25, -0.2) is 4.39 Å². The maximum atomic E-state index is 15.4. The number of likely N-dealkylation sites (N-methyl/N-ethyl adjacent to an activating group) is 1. The highest BCUT2D eigenvalue weighted by atomic mass is 35.5. The fourth-order valence-corrected chi connectivity index (χ4v) is 4.89. The standard InChI is InChI=1S/C30H29ClFN5O2.C2H6/c1-35-11-13-36(14-12-35)27-17-26-23(16-25(27)32)29(38)24(19-37(26)18-21-7-9-22(31)10-8-21)30(34)39-28(33)15-20-5-3-2-4-6-20;1-2/h2-10,16-17,19,33-34H,11-15,18H2,1H3;1-2H3. The zero-order chi connectivity index (χ0) is 29.5. The third-order valence-corrected chi connectivity index (χ3v) is 7.19. The molecule has 0 spiro atoms. The van der Waals surface area contributed by atoms with E-state index in [1.54, 1.807) is 24.4 Å². The number of benzene rings is 3. The first-order valence-corrected chi connectivity index (χ1v) is 14.1. The lowest BCUT2D eigenvalue weighted by molar-refractivity contribution is 0.312. The van der Waals surface area contributed by atoms with Gasteiger partial charge in [0.1, 0.15) is 11.4 Å². The second-order valence-corrected chi connectivity index (χ2v) is 10.2. The minimum absolute atomic E-state index is 0.0407. The van der Waals surface area contributed by atoms with Gasteiger partial charge in [0.15, 0.2) is 5.90 Å². The third kappa shape index (κ3) is 7.20. The van der Waals surface area contributed by atoms with Gasteiger partial charge in [0, 0.05) is 55.8 Å². The smallest absolute Gasteiger partial charge is 0.226 e. The summed E-state index contributed by atoms with van der Waals surface area (Å²) in [6.07, 6.45) is 1.74. The van der Waals surface area contributed by atoms with E-state index in [4.69, 9.17) is 27.2 Å². The SMILES string of the molecule is CC.CN1CCN(c2cc3c(cc2F)c(=O)c(C(=N)OC(=N)Cc2ccccc2)cn3Cc2ccc(Cl)cc2)CC1. The summed E-state index contributed by atoms with van der Waals surface area (Å²) in [4.78, 5) is 17.7. The Morgan fingerprint density at radius 2 is 1.61 bits per heavy atom. The number of hydrogen-bond acceptors (Lipinski definition) is 6. The summed E-state index contributed by atoms with van der Waals surface area (Å²) in [5.41, 5.74) is 2.22. The highest BCUT2D eigenvalue weighted by molar-refractivity contribution is 6.30. The van der Waals surface area contributed by atoms with E-state index in [9.17, 15) is 4.79 Å². The van der Waals surface area contributed by atoms with Gasteiger partial charge in [-0.2, -0.15) is 0 Å². The van der Waals surface area contributed by atoms with Crippen LogP contribution in [0.15, 0.2) is 77.7 Å². The largest absolute Gasteiger partial charge is 0.425 e. The van der Waals surface area contributed by atoms with Gasteiger partial charge in [-0.05, 0) is 42.4 Å². The van der Waals surface area contributed by atoms with Crippen molar-refractivity contribution in [2.75, 3.05) is 38.1 Å². The van der Waals surface area contributed by atoms with Gasteiger partial charge >= 0.3 is 0 Å². The van der Waals surface area contributed by atoms with Gasteiger partial charge in [-0.3, -0.25) is 15.6 Å². The minimum atomic E-state index is -0.515. The fraction of sp³-hybridized carbons (Fsp3) is 0.281. The molecule has 0 radical (unpaired) electrons. The van der Waals surface area contributed by atoms with Crippen molar-refractivity contribution in [1.29, 1.82) is 10.8 Å². The van der Waals surface area contributed by atoms with Crippen molar-refractivity contribution in [3.63, 3.8) is 0 Å². The summed E-state index contributed by atoms with van der Waals surface area (Å²) in [6, 6.07) is 19.6. The molecule has 0 unspecified atom stereocenters. The molecule has 2 heterocycles. The zero-order valence-electron chi connectivity index (χ0n) is 23.6. The first-order valence-electron chi connectivity index (χ1n) is 13.7. The van der Waals surface area contributed by atoms with Crippen LogP contribution in [0, 0.1) is 16.6 Å². The molecule has 0 atom stereocenters. The van der Waals surface area contributed by atoms with Crippen LogP contribution in [0.25, 0.3) is 10.9 Å². The number of hydrogen-bond donors (Lipinski definition) is 2. The number of rotatable bonds is 6. The minimum Gasteiger partial charge on any atom is -0.425 e. The summed E-state index contributed by atoms with van der Waals surface area (Å²) >= 11 is 6.07. The van der Waals surface area contributed by atoms with Crippen LogP contribution in [0.2, 0.25) is 5.02 Å². The summed E-state index contributed by atoms with van der Waals surface area (Å²) in [6.45, 7) is 7.36. The van der Waals surface area contributed by atoms with Gasteiger partial charge in [0.05, 0.1) is 11.2 Å². The normalized spacial score (nSPS) is 13.4. The quantitative estimate of drug-likeness (QED) is 0.212. The maximum Gasteiger partial charge on any atom is 0.226 e. The Morgan fingerprint density at radius 3 is 2.27 bits per heavy atom. The van der Waals surface area contributed by atoms with Crippen LogP contribution in [0.1, 0.15) is 30.5 Å². The summed E-state index contributed by atoms with van der Waals surface area (Å²) < 4.78 is 22.7. The third-order valence-electron chi connectivity index (χ3n) is 6.94. The Kier molecular flexibility index (Phi) is 9.91. The molecule has 41 heavy (non-hydrogen) atoms. The Bertz CT molecular complexity index is 1580. The molecule has 1 saturated heterocycles. The van der Waals surface area contributed by atoms with Crippen molar-refractivity contribution in [2.45, 2.75) is 26.8 Å². The van der Waals surface area contributed by atoms with Gasteiger partial charge < -0.3 is 19.1 Å². The first kappa shape index (κ1) is 30.0. The van der Waals surface area contributed by atoms with Gasteiger partial charge in [0.25, 0.3) is 0 Å². The lowest BCUT2D eigenvalue weighted by Gasteiger charge is -2.34. The molecule has 1 aliphatic heterocycles. The molecular weight excluding hydrogens is 541 g/mol. The molecular formula is C32H35ClFN5O2. The second kappa shape index (κ2) is 13.6. The van der Waals surface area contributed by atoms with Crippen molar-refractivity contribution in [2.24, 2.45) is 0 Å². The van der Waals surface area contributed by atoms with Gasteiger partial charge in [0.2, 0.25) is 11.3 Å². The number of fused-ring (bicyclic) bond motifs is 1. The van der Waals surface area contributed by atoms with Crippen LogP contribution in [-0.4, -0.2) is 54.5 Å². The molecule has 1 aromatic heterocycles. The van der Waals surface area contributed by atoms with Gasteiger partial charge in [-0.15, -0.1) is 0 Å². The zero-order valence-corrected chi connectivity index (χ0v) is 24.3. The van der Waals surface area contributed by atoms with E-state index in [-0.39, 0.29) is 23.3 Å². The van der Waals surface area contributed by atoms with E-state index in [1.165, 1.54) is 6.07 Å². The molecule has 214 valence electrons. The number of pyridine rings is 1. The monoisotopic (exact) mass is 575 g/mol. The van der Waals surface area contributed by atoms with E-state index >= 15 is 4.39 Å². The number of piperazine rings is 1. The van der Waals surface area contributed by atoms with Crippen molar-refractivity contribution in [3.8, 4) is 0 Å². The number of nitrogens with zero attached hydrogens (tertiary/aromatic N) is 3. The molecule has 3 aromatic carbocycles. The van der Waals surface area contributed by atoms with Crippen molar-refractivity contribution < 1.29 is 9.13 Å². The van der Waals surface area contributed by atoms with E-state index in [0.717, 1.165) is 24.2 Å². The molecule has 0 aliphatic carbocycles. The predicted octanol–water partition coefficient (Wildman–Crippen LogP) is 6.18. The van der Waals surface area contributed by atoms with E-state index < -0.39 is 17.1 Å². The van der Waals surface area contributed by atoms with Crippen LogP contribution in [0.3, 0.4) is 0 Å². The maximum absolute atomic E-state index is 15.4. The Hall–Kier alpha value is -4.01. The molecule has 5 rings (SSSR count). The predicted molar refractivity (Wildman–Crippen MR) is 166 cm³/mol. The van der Waals surface area contributed by atoms with Crippen molar-refractivity contribution in [1.82, 2.24) is 9.47 Å². The average molecular weight is 576 g/mol. The lowest BCUT2D eigenvalue weighted by Crippen LogP contribution is -2.44. The molecule has 2 N–H and O–H groups in total. The number of aromatic nitrogens is 1. The van der Waals surface area contributed by atoms with Gasteiger partial charge in [-0.1, -0.05) is 67.9 Å². The first-order chi connectivity index (χ1) is 19.8. The molecule has 4 aromatic rings. The van der Waals surface area contributed by atoms with Crippen LogP contribution in [-0.2, 0) is 17.7 Å². The molecule has 0 amide bonds. The summed E-state index contributed by atoms with van der Waals surface area (Å²) in [5.74, 6) is -1.09. The summed E-state index contributed by atoms with van der Waals surface area (Å²) in [5, 5.41) is 17.5. The highest BCUT2D eigenvalue weighted by Crippen LogP contribution is 2.27. The number of ether oxygens (including phenoxy) is 1. The number of halogens is 2. The average Bonchev–Trinajstić information content (AvgIpc) is 2.97. The molecule has 9 heteroatoms. The van der Waals surface area contributed by atoms with Crippen LogP contribution in [0.4, 0.5) is 10.1 Å². The van der Waals surface area contributed by atoms with E-state index in [0.29, 0.717) is 35.9 Å². The van der Waals surface area contributed by atoms with Crippen molar-refractivity contribution in [3.05, 3.63) is 111 Å². The Balaban J connectivity index is 0.00000189. The summed E-state index contributed by atoms with van der Waals surface area (Å²) in [7, 11) is 2.04. The second-order valence-electron chi connectivity index (χ2n) is 9.75. The van der Waals surface area contributed by atoms with E-state index in [2.05, 4.69) is 4.90 Å². The Morgan fingerprint density at radius 1 is 0.951 bits per heavy atom. The van der Waals surface area contributed by atoms with Crippen LogP contribution >= 0.6 is 11.6 Å². The molecule has 0 saturated carbocycles. The highest BCUT2D eigenvalue weighted by Gasteiger charge is 2.22. The fourth-order valence-electron chi connectivity index (χ4n) is 4.76.